The lowest BCUT2D eigenvalue weighted by molar-refractivity contribution is -0.123. The molecule has 0 aromatic heterocycles. The molecule has 0 spiro atoms. The number of hydrogen-bond acceptors (Lipinski definition) is 3. The first-order valence-corrected chi connectivity index (χ1v) is 9.02. The molecule has 1 heterocycles. The van der Waals surface area contributed by atoms with Crippen LogP contribution in [0.2, 0.25) is 0 Å². The first kappa shape index (κ1) is 15.4. The lowest BCUT2D eigenvalue weighted by Crippen LogP contribution is -2.32. The van der Waals surface area contributed by atoms with E-state index in [0.29, 0.717) is 11.4 Å². The maximum Gasteiger partial charge on any atom is 0.238 e. The van der Waals surface area contributed by atoms with Crippen molar-refractivity contribution in [3.8, 4) is 11.5 Å². The molecule has 2 amide bonds. The Kier molecular flexibility index (Phi) is 3.29. The highest BCUT2D eigenvalue weighted by Gasteiger charge is 2.59. The minimum Gasteiger partial charge on any atom is -0.457 e. The van der Waals surface area contributed by atoms with E-state index in [1.165, 1.54) is 10.5 Å². The molecule has 2 fully saturated rings. The van der Waals surface area contributed by atoms with Crippen molar-refractivity contribution < 1.29 is 14.3 Å². The van der Waals surface area contributed by atoms with Gasteiger partial charge in [-0.25, -0.2) is 0 Å². The van der Waals surface area contributed by atoms with Crippen LogP contribution >= 0.6 is 0 Å². The zero-order valence-corrected chi connectivity index (χ0v) is 14.5. The van der Waals surface area contributed by atoms with E-state index in [2.05, 4.69) is 12.2 Å². The van der Waals surface area contributed by atoms with Gasteiger partial charge in [-0.1, -0.05) is 29.8 Å². The standard InChI is InChI=1S/C22H19NO3/c1-13-2-8-17(9-3-13)26-18-10-6-16(7-11-18)23-21(24)19-14-4-5-15(12-14)20(19)22(23)25/h2-11,14-15,19-20H,12H2,1H3/t14-,15-,19-,20+/m0/s1. The molecule has 5 rings (SSSR count). The van der Waals surface area contributed by atoms with Gasteiger partial charge in [-0.2, -0.15) is 0 Å². The molecular weight excluding hydrogens is 326 g/mol. The van der Waals surface area contributed by atoms with E-state index in [0.717, 1.165) is 12.2 Å². The molecule has 0 radical (unpaired) electrons. The van der Waals surface area contributed by atoms with Gasteiger partial charge in [0.2, 0.25) is 11.8 Å². The van der Waals surface area contributed by atoms with Crippen LogP contribution in [0.4, 0.5) is 5.69 Å². The van der Waals surface area contributed by atoms with Crippen LogP contribution in [0.3, 0.4) is 0 Å². The van der Waals surface area contributed by atoms with Crippen molar-refractivity contribution in [2.24, 2.45) is 23.7 Å². The molecule has 0 N–H and O–H groups in total. The van der Waals surface area contributed by atoms with Crippen molar-refractivity contribution in [3.05, 3.63) is 66.2 Å². The van der Waals surface area contributed by atoms with Crippen LogP contribution in [0, 0.1) is 30.6 Å². The number of fused-ring (bicyclic) bond motifs is 5. The molecule has 1 aliphatic heterocycles. The smallest absolute Gasteiger partial charge is 0.238 e. The van der Waals surface area contributed by atoms with Gasteiger partial charge < -0.3 is 4.74 Å². The van der Waals surface area contributed by atoms with Crippen LogP contribution < -0.4 is 9.64 Å². The van der Waals surface area contributed by atoms with E-state index in [1.807, 2.05) is 31.2 Å². The summed E-state index contributed by atoms with van der Waals surface area (Å²) in [6.45, 7) is 2.03. The van der Waals surface area contributed by atoms with E-state index in [9.17, 15) is 9.59 Å². The summed E-state index contributed by atoms with van der Waals surface area (Å²) < 4.78 is 5.82. The van der Waals surface area contributed by atoms with Crippen LogP contribution in [0.25, 0.3) is 0 Å². The Balaban J connectivity index is 1.37. The van der Waals surface area contributed by atoms with Gasteiger partial charge >= 0.3 is 0 Å². The van der Waals surface area contributed by atoms with E-state index in [4.69, 9.17) is 4.74 Å². The van der Waals surface area contributed by atoms with E-state index in [1.54, 1.807) is 24.3 Å². The van der Waals surface area contributed by atoms with Crippen molar-refractivity contribution in [2.75, 3.05) is 4.90 Å². The predicted molar refractivity (Wildman–Crippen MR) is 97.9 cm³/mol. The summed E-state index contributed by atoms with van der Waals surface area (Å²) in [5.41, 5.74) is 1.80. The molecular formula is C22H19NO3. The summed E-state index contributed by atoms with van der Waals surface area (Å²) in [5.74, 6) is 1.47. The van der Waals surface area contributed by atoms with Gasteiger partial charge in [0, 0.05) is 0 Å². The molecule has 1 saturated heterocycles. The zero-order valence-electron chi connectivity index (χ0n) is 14.5. The fourth-order valence-corrected chi connectivity index (χ4v) is 4.56. The normalized spacial score (nSPS) is 28.7. The van der Waals surface area contributed by atoms with Gasteiger partial charge in [0.05, 0.1) is 17.5 Å². The summed E-state index contributed by atoms with van der Waals surface area (Å²) >= 11 is 0. The quantitative estimate of drug-likeness (QED) is 0.621. The van der Waals surface area contributed by atoms with E-state index < -0.39 is 0 Å². The summed E-state index contributed by atoms with van der Waals surface area (Å²) in [6.07, 6.45) is 5.17. The maximum absolute atomic E-state index is 12.8. The fraction of sp³-hybridized carbons (Fsp3) is 0.273. The molecule has 3 aliphatic rings. The SMILES string of the molecule is Cc1ccc(Oc2ccc(N3C(=O)[C@@H]4[C@H](C3=O)[C@H]3C=C[C@H]4C3)cc2)cc1. The molecule has 130 valence electrons. The van der Waals surface area contributed by atoms with Gasteiger partial charge in [0.25, 0.3) is 0 Å². The number of imide groups is 1. The van der Waals surface area contributed by atoms with Crippen molar-refractivity contribution in [3.63, 3.8) is 0 Å². The number of anilines is 1. The molecule has 1 saturated carbocycles. The Morgan fingerprint density at radius 1 is 0.808 bits per heavy atom. The molecule has 2 aromatic carbocycles. The molecule has 2 aliphatic carbocycles. The number of nitrogens with zero attached hydrogens (tertiary/aromatic N) is 1. The first-order chi connectivity index (χ1) is 12.6. The maximum atomic E-state index is 12.8. The van der Waals surface area contributed by atoms with E-state index in [-0.39, 0.29) is 35.5 Å². The third-order valence-corrected chi connectivity index (χ3v) is 5.82. The molecule has 2 bridgehead atoms. The highest BCUT2D eigenvalue weighted by molar-refractivity contribution is 6.22. The Bertz CT molecular complexity index is 883. The first-order valence-electron chi connectivity index (χ1n) is 9.02. The highest BCUT2D eigenvalue weighted by atomic mass is 16.5. The van der Waals surface area contributed by atoms with Crippen LogP contribution in [-0.2, 0) is 9.59 Å². The van der Waals surface area contributed by atoms with Crippen molar-refractivity contribution in [2.45, 2.75) is 13.3 Å². The fourth-order valence-electron chi connectivity index (χ4n) is 4.56. The second-order valence-electron chi connectivity index (χ2n) is 7.42. The van der Waals surface area contributed by atoms with Gasteiger partial charge in [0.1, 0.15) is 11.5 Å². The monoisotopic (exact) mass is 345 g/mol. The van der Waals surface area contributed by atoms with Gasteiger partial charge in [-0.15, -0.1) is 0 Å². The average Bonchev–Trinajstić information content (AvgIpc) is 3.32. The van der Waals surface area contributed by atoms with Crippen molar-refractivity contribution >= 4 is 17.5 Å². The lowest BCUT2D eigenvalue weighted by Gasteiger charge is -2.17. The zero-order chi connectivity index (χ0) is 17.8. The third kappa shape index (κ3) is 2.22. The summed E-state index contributed by atoms with van der Waals surface area (Å²) in [6, 6.07) is 15.0. The number of ether oxygens (including phenoxy) is 1. The number of hydrogen-bond donors (Lipinski definition) is 0. The molecule has 26 heavy (non-hydrogen) atoms. The summed E-state index contributed by atoms with van der Waals surface area (Å²) in [4.78, 5) is 27.0. The molecule has 4 atom stereocenters. The number of carbonyl (C=O) groups excluding carboxylic acids is 2. The second kappa shape index (κ2) is 5.56. The Morgan fingerprint density at radius 2 is 1.31 bits per heavy atom. The highest BCUT2D eigenvalue weighted by Crippen LogP contribution is 2.53. The van der Waals surface area contributed by atoms with Crippen LogP contribution in [0.15, 0.2) is 60.7 Å². The largest absolute Gasteiger partial charge is 0.457 e. The van der Waals surface area contributed by atoms with Crippen molar-refractivity contribution in [1.29, 1.82) is 0 Å². The molecule has 0 unspecified atom stereocenters. The molecule has 4 nitrogen and oxygen atoms in total. The third-order valence-electron chi connectivity index (χ3n) is 5.82. The Morgan fingerprint density at radius 3 is 1.85 bits per heavy atom. The topological polar surface area (TPSA) is 46.6 Å². The number of aryl methyl sites for hydroxylation is 1. The van der Waals surface area contributed by atoms with Gasteiger partial charge in [-0.3, -0.25) is 14.5 Å². The average molecular weight is 345 g/mol. The molecule has 4 heteroatoms. The number of carbonyl (C=O) groups is 2. The van der Waals surface area contributed by atoms with Crippen LogP contribution in [0.1, 0.15) is 12.0 Å². The summed E-state index contributed by atoms with van der Waals surface area (Å²) in [7, 11) is 0. The second-order valence-corrected chi connectivity index (χ2v) is 7.42. The minimum atomic E-state index is -0.166. The minimum absolute atomic E-state index is 0.0518. The van der Waals surface area contributed by atoms with Crippen LogP contribution in [0.5, 0.6) is 11.5 Å². The Hall–Kier alpha value is -2.88. The number of allylic oxidation sites excluding steroid dienone is 2. The lowest BCUT2D eigenvalue weighted by atomic mass is 9.85. The summed E-state index contributed by atoms with van der Waals surface area (Å²) in [5, 5.41) is 0. The predicted octanol–water partition coefficient (Wildman–Crippen LogP) is 4.10. The van der Waals surface area contributed by atoms with Gasteiger partial charge in [0.15, 0.2) is 0 Å². The number of benzene rings is 2. The Labute approximate surface area is 152 Å². The van der Waals surface area contributed by atoms with E-state index >= 15 is 0 Å². The number of rotatable bonds is 3. The van der Waals surface area contributed by atoms with Crippen LogP contribution in [-0.4, -0.2) is 11.8 Å². The molecule has 2 aromatic rings. The van der Waals surface area contributed by atoms with Gasteiger partial charge in [-0.05, 0) is 61.6 Å². The van der Waals surface area contributed by atoms with Crippen molar-refractivity contribution in [1.82, 2.24) is 0 Å². The number of amides is 2.